The summed E-state index contributed by atoms with van der Waals surface area (Å²) in [5, 5.41) is 12.0. The van der Waals surface area contributed by atoms with Crippen LogP contribution in [0.2, 0.25) is 0 Å². The number of hydrogen-bond donors (Lipinski definition) is 3. The van der Waals surface area contributed by atoms with E-state index in [9.17, 15) is 8.42 Å². The zero-order chi connectivity index (χ0) is 15.4. The van der Waals surface area contributed by atoms with E-state index in [-0.39, 0.29) is 17.3 Å². The van der Waals surface area contributed by atoms with E-state index in [2.05, 4.69) is 31.5 Å². The molecule has 9 heteroatoms. The van der Waals surface area contributed by atoms with Gasteiger partial charge in [-0.1, -0.05) is 0 Å². The summed E-state index contributed by atoms with van der Waals surface area (Å²) in [4.78, 5) is 0.116. The molecule has 0 amide bonds. The predicted octanol–water partition coefficient (Wildman–Crippen LogP) is -0.167. The molecule has 118 valence electrons. The maximum absolute atomic E-state index is 11.7. The Morgan fingerprint density at radius 2 is 2.05 bits per heavy atom. The Bertz CT molecular complexity index is 461. The van der Waals surface area contributed by atoms with Crippen molar-refractivity contribution in [3.63, 3.8) is 0 Å². The van der Waals surface area contributed by atoms with Crippen molar-refractivity contribution >= 4 is 21.6 Å². The van der Waals surface area contributed by atoms with E-state index in [0.29, 0.717) is 13.1 Å². The van der Waals surface area contributed by atoms with Crippen LogP contribution in [0, 0.1) is 6.07 Å². The molecule has 0 aromatic heterocycles. The summed E-state index contributed by atoms with van der Waals surface area (Å²) in [5.74, 6) is 0.150. The van der Waals surface area contributed by atoms with E-state index in [4.69, 9.17) is 20.6 Å². The third kappa shape index (κ3) is 8.04. The molecule has 3 N–H and O–H groups in total. The first-order valence-corrected chi connectivity index (χ1v) is 8.02. The number of rotatable bonds is 8. The number of alkyl halides is 1. The fourth-order valence-corrected chi connectivity index (χ4v) is 2.34. The van der Waals surface area contributed by atoms with Gasteiger partial charge in [0.05, 0.1) is 6.10 Å². The summed E-state index contributed by atoms with van der Waals surface area (Å²) >= 11 is 8.04. The van der Waals surface area contributed by atoms with Gasteiger partial charge in [0.1, 0.15) is 0 Å². The Balaban J connectivity index is 0.00000172. The summed E-state index contributed by atoms with van der Waals surface area (Å²) in [6.07, 6.45) is -0.620. The molecular formula is C11H16ClN2NiO4S-. The number of aliphatic hydroxyl groups is 1. The van der Waals surface area contributed by atoms with Crippen LogP contribution in [0.1, 0.15) is 0 Å². The van der Waals surface area contributed by atoms with Gasteiger partial charge in [0.15, 0.2) is 0 Å². The molecule has 0 radical (unpaired) electrons. The molecule has 0 bridgehead atoms. The number of nitrogens with one attached hydrogen (secondary N) is 2. The van der Waals surface area contributed by atoms with Crippen LogP contribution in [0.4, 0.5) is 0 Å². The normalized spacial score (nSPS) is 12.4. The molecule has 1 aromatic carbocycles. The molecule has 0 saturated heterocycles. The second-order valence-corrected chi connectivity index (χ2v) is 5.68. The van der Waals surface area contributed by atoms with Gasteiger partial charge in [0.2, 0.25) is 10.0 Å². The Kier molecular flexibility index (Phi) is 11.1. The van der Waals surface area contributed by atoms with Crippen LogP contribution in [0.25, 0.3) is 0 Å². The molecule has 20 heavy (non-hydrogen) atoms. The number of sulfonamides is 1. The van der Waals surface area contributed by atoms with Crippen molar-refractivity contribution < 1.29 is 32.8 Å². The topological polar surface area (TPSA) is 95.5 Å². The van der Waals surface area contributed by atoms with Crippen molar-refractivity contribution in [2.45, 2.75) is 11.0 Å². The van der Waals surface area contributed by atoms with Crippen LogP contribution >= 0.6 is 11.6 Å². The zero-order valence-electron chi connectivity index (χ0n) is 10.5. The Morgan fingerprint density at radius 3 is 2.60 bits per heavy atom. The number of halogens is 1. The summed E-state index contributed by atoms with van der Waals surface area (Å²) in [6.45, 7) is 0.989. The van der Waals surface area contributed by atoms with Crippen LogP contribution in [0.3, 0.4) is 0 Å². The molecule has 0 aliphatic rings. The van der Waals surface area contributed by atoms with Crippen LogP contribution in [0.5, 0.6) is 0 Å². The van der Waals surface area contributed by atoms with Gasteiger partial charge in [-0.15, -0.1) is 11.6 Å². The first-order chi connectivity index (χ1) is 9.56. The van der Waals surface area contributed by atoms with Crippen molar-refractivity contribution in [2.24, 2.45) is 0 Å². The van der Waals surface area contributed by atoms with Gasteiger partial charge in [-0.3, -0.25) is 0 Å². The third-order valence-corrected chi connectivity index (χ3v) is 3.90. The van der Waals surface area contributed by atoms with Gasteiger partial charge >= 0.3 is 19.3 Å². The Labute approximate surface area is 131 Å². The van der Waals surface area contributed by atoms with Crippen LogP contribution in [-0.2, 0) is 29.3 Å². The van der Waals surface area contributed by atoms with Crippen molar-refractivity contribution in [1.29, 1.82) is 0 Å². The average molecular weight is 366 g/mol. The van der Waals surface area contributed by atoms with Crippen molar-refractivity contribution in [2.75, 3.05) is 25.5 Å². The van der Waals surface area contributed by atoms with E-state index in [0.717, 1.165) is 0 Å². The predicted molar refractivity (Wildman–Crippen MR) is 70.7 cm³/mol. The van der Waals surface area contributed by atoms with Crippen molar-refractivity contribution in [3.05, 3.63) is 30.3 Å². The van der Waals surface area contributed by atoms with E-state index < -0.39 is 16.1 Å². The average Bonchev–Trinajstić information content (AvgIpc) is 2.49. The molecule has 1 rings (SSSR count). The van der Waals surface area contributed by atoms with Crippen molar-refractivity contribution in [3.8, 4) is 0 Å². The fourth-order valence-electron chi connectivity index (χ4n) is 1.22. The molecule has 6 nitrogen and oxygen atoms in total. The molecular weight excluding hydrogens is 350 g/mol. The minimum atomic E-state index is -3.50. The third-order valence-electron chi connectivity index (χ3n) is 2.12. The minimum absolute atomic E-state index is 0.116. The van der Waals surface area contributed by atoms with Crippen LogP contribution in [-0.4, -0.2) is 45.1 Å². The molecule has 0 unspecified atom stereocenters. The summed E-state index contributed by atoms with van der Waals surface area (Å²) in [7, 11) is -3.50. The molecule has 1 atom stereocenters. The van der Waals surface area contributed by atoms with Crippen molar-refractivity contribution in [1.82, 2.24) is 10.0 Å². The van der Waals surface area contributed by atoms with Gasteiger partial charge < -0.3 is 10.4 Å². The number of aliphatic hydroxyl groups excluding tert-OH is 1. The monoisotopic (exact) mass is 365 g/mol. The standard InChI is InChI=1S/C11H16ClN2O3S.Ni.O/c12-8-10(15)9-13-6-7-14-18(16,17)11-4-2-1-3-5-11;;/h1-4,10,13-15H,6-9H2;;/q-1;;/t10-;;/m0../s1. The van der Waals surface area contributed by atoms with E-state index >= 15 is 0 Å². The first-order valence-electron chi connectivity index (χ1n) is 5.60. The molecule has 0 aliphatic carbocycles. The summed E-state index contributed by atoms with van der Waals surface area (Å²) < 4.78 is 33.8. The van der Waals surface area contributed by atoms with Crippen LogP contribution < -0.4 is 10.0 Å². The molecule has 1 aromatic rings. The van der Waals surface area contributed by atoms with E-state index in [1.54, 1.807) is 18.2 Å². The second-order valence-electron chi connectivity index (χ2n) is 3.64. The zero-order valence-corrected chi connectivity index (χ0v) is 13.0. The number of hydrogen-bond acceptors (Lipinski definition) is 5. The Hall–Kier alpha value is -0.366. The van der Waals surface area contributed by atoms with E-state index in [1.165, 1.54) is 6.07 Å². The first kappa shape index (κ1) is 19.6. The molecule has 0 saturated carbocycles. The van der Waals surface area contributed by atoms with Gasteiger partial charge in [-0.2, -0.15) is 30.3 Å². The van der Waals surface area contributed by atoms with Gasteiger partial charge in [0, 0.05) is 25.5 Å². The van der Waals surface area contributed by atoms with Gasteiger partial charge in [0.25, 0.3) is 0 Å². The summed E-state index contributed by atoms with van der Waals surface area (Å²) in [6, 6.07) is 9.01. The maximum atomic E-state index is 11.7. The molecule has 0 aliphatic heterocycles. The quantitative estimate of drug-likeness (QED) is 0.257. The van der Waals surface area contributed by atoms with Gasteiger partial charge in [-0.25, -0.2) is 13.1 Å². The Morgan fingerprint density at radius 1 is 1.35 bits per heavy atom. The summed E-state index contributed by atoms with van der Waals surface area (Å²) in [5.41, 5.74) is 0. The van der Waals surface area contributed by atoms with E-state index in [1.807, 2.05) is 0 Å². The second kappa shape index (κ2) is 11.3. The van der Waals surface area contributed by atoms with Crippen LogP contribution in [0.15, 0.2) is 29.2 Å². The SMILES string of the molecule is O=S(=O)(NCCNC[C@@H](O)CCl)c1[c-]cccc1.[O]=[Ni]. The molecule has 0 fully saturated rings. The fraction of sp³-hybridized carbons (Fsp3) is 0.455. The molecule has 0 heterocycles. The van der Waals surface area contributed by atoms with Gasteiger partial charge in [-0.05, 0) is 4.90 Å². The number of benzene rings is 1. The molecule has 0 spiro atoms.